The molecule has 0 aliphatic heterocycles. The molecule has 0 bridgehead atoms. The van der Waals surface area contributed by atoms with Gasteiger partial charge in [-0.05, 0) is 43.6 Å². The van der Waals surface area contributed by atoms with Crippen LogP contribution in [0.15, 0.2) is 0 Å². The Balaban J connectivity index is 2.53. The highest BCUT2D eigenvalue weighted by atomic mass is 16.1. The molecule has 0 radical (unpaired) electrons. The minimum atomic E-state index is 0.219. The minimum absolute atomic E-state index is 0.219. The Hall–Kier alpha value is -0.570. The predicted molar refractivity (Wildman–Crippen MR) is 71.5 cm³/mol. The summed E-state index contributed by atoms with van der Waals surface area (Å²) in [6.07, 6.45) is 4.40. The highest BCUT2D eigenvalue weighted by Crippen LogP contribution is 2.37. The fourth-order valence-corrected chi connectivity index (χ4v) is 2.95. The molecule has 100 valence electrons. The zero-order valence-electron chi connectivity index (χ0n) is 11.5. The monoisotopic (exact) mass is 240 g/mol. The summed E-state index contributed by atoms with van der Waals surface area (Å²) >= 11 is 0. The van der Waals surface area contributed by atoms with Gasteiger partial charge in [0, 0.05) is 12.5 Å². The molecule has 1 rings (SSSR count). The van der Waals surface area contributed by atoms with Gasteiger partial charge in [0.15, 0.2) is 0 Å². The number of nitrogens with one attached hydrogen (secondary N) is 1. The first-order chi connectivity index (χ1) is 8.06. The third-order valence-electron chi connectivity index (χ3n) is 4.04. The molecule has 17 heavy (non-hydrogen) atoms. The van der Waals surface area contributed by atoms with Crippen molar-refractivity contribution in [3.05, 3.63) is 0 Å². The lowest BCUT2D eigenvalue weighted by Gasteiger charge is -2.36. The van der Waals surface area contributed by atoms with Crippen molar-refractivity contribution in [2.75, 3.05) is 13.1 Å². The van der Waals surface area contributed by atoms with Crippen molar-refractivity contribution in [3.63, 3.8) is 0 Å². The first-order valence-electron chi connectivity index (χ1n) is 7.04. The summed E-state index contributed by atoms with van der Waals surface area (Å²) in [6, 6.07) is 0. The van der Waals surface area contributed by atoms with Crippen LogP contribution in [0.3, 0.4) is 0 Å². The van der Waals surface area contributed by atoms with Crippen LogP contribution in [0.4, 0.5) is 0 Å². The van der Waals surface area contributed by atoms with E-state index in [1.54, 1.807) is 0 Å². The van der Waals surface area contributed by atoms with Gasteiger partial charge in [0.05, 0.1) is 0 Å². The summed E-state index contributed by atoms with van der Waals surface area (Å²) in [6.45, 7) is 8.11. The quantitative estimate of drug-likeness (QED) is 0.724. The Labute approximate surface area is 106 Å². The van der Waals surface area contributed by atoms with E-state index in [0.717, 1.165) is 19.4 Å². The molecule has 3 nitrogen and oxygen atoms in total. The van der Waals surface area contributed by atoms with Gasteiger partial charge >= 0.3 is 0 Å². The van der Waals surface area contributed by atoms with Gasteiger partial charge in [-0.25, -0.2) is 0 Å². The SMILES string of the molecule is CC1CCC(C(C)C)C(C(=O)NCCCN)C1. The zero-order chi connectivity index (χ0) is 12.8. The molecule has 3 N–H and O–H groups in total. The number of hydrogen-bond donors (Lipinski definition) is 2. The van der Waals surface area contributed by atoms with E-state index in [0.29, 0.717) is 24.3 Å². The van der Waals surface area contributed by atoms with Crippen molar-refractivity contribution in [3.8, 4) is 0 Å². The second-order valence-corrected chi connectivity index (χ2v) is 5.87. The van der Waals surface area contributed by atoms with E-state index in [-0.39, 0.29) is 11.8 Å². The molecular formula is C14H28N2O. The average Bonchev–Trinajstić information content (AvgIpc) is 2.28. The van der Waals surface area contributed by atoms with Gasteiger partial charge in [-0.15, -0.1) is 0 Å². The summed E-state index contributed by atoms with van der Waals surface area (Å²) in [4.78, 5) is 12.2. The van der Waals surface area contributed by atoms with E-state index in [4.69, 9.17) is 5.73 Å². The van der Waals surface area contributed by atoms with Crippen LogP contribution in [0.1, 0.15) is 46.5 Å². The van der Waals surface area contributed by atoms with E-state index in [9.17, 15) is 4.79 Å². The Morgan fingerprint density at radius 3 is 2.71 bits per heavy atom. The van der Waals surface area contributed by atoms with Crippen LogP contribution >= 0.6 is 0 Å². The maximum Gasteiger partial charge on any atom is 0.223 e. The minimum Gasteiger partial charge on any atom is -0.356 e. The summed E-state index contributed by atoms with van der Waals surface area (Å²) in [7, 11) is 0. The van der Waals surface area contributed by atoms with E-state index < -0.39 is 0 Å². The van der Waals surface area contributed by atoms with E-state index in [2.05, 4.69) is 26.1 Å². The lowest BCUT2D eigenvalue weighted by atomic mass is 9.70. The first kappa shape index (κ1) is 14.5. The maximum atomic E-state index is 12.2. The summed E-state index contributed by atoms with van der Waals surface area (Å²) in [5, 5.41) is 3.04. The normalized spacial score (nSPS) is 29.4. The van der Waals surface area contributed by atoms with Gasteiger partial charge in [0.2, 0.25) is 5.91 Å². The fraction of sp³-hybridized carbons (Fsp3) is 0.929. The van der Waals surface area contributed by atoms with Gasteiger partial charge in [0.25, 0.3) is 0 Å². The van der Waals surface area contributed by atoms with Crippen LogP contribution < -0.4 is 11.1 Å². The maximum absolute atomic E-state index is 12.2. The van der Waals surface area contributed by atoms with Crippen molar-refractivity contribution in [2.24, 2.45) is 29.4 Å². The number of rotatable bonds is 5. The molecule has 0 heterocycles. The van der Waals surface area contributed by atoms with Crippen molar-refractivity contribution < 1.29 is 4.79 Å². The Bertz CT molecular complexity index is 240. The molecule has 0 aromatic rings. The van der Waals surface area contributed by atoms with Crippen molar-refractivity contribution in [1.82, 2.24) is 5.32 Å². The molecule has 0 aromatic heterocycles. The van der Waals surface area contributed by atoms with Crippen LogP contribution in [0.5, 0.6) is 0 Å². The Morgan fingerprint density at radius 1 is 1.41 bits per heavy atom. The largest absolute Gasteiger partial charge is 0.356 e. The second kappa shape index (κ2) is 7.00. The molecule has 1 saturated carbocycles. The van der Waals surface area contributed by atoms with Crippen molar-refractivity contribution in [2.45, 2.75) is 46.5 Å². The zero-order valence-corrected chi connectivity index (χ0v) is 11.5. The first-order valence-corrected chi connectivity index (χ1v) is 7.04. The Kier molecular flexibility index (Phi) is 5.96. The van der Waals surface area contributed by atoms with Crippen LogP contribution in [0, 0.1) is 23.7 Å². The lowest BCUT2D eigenvalue weighted by Crippen LogP contribution is -2.40. The molecule has 0 saturated heterocycles. The van der Waals surface area contributed by atoms with Gasteiger partial charge < -0.3 is 11.1 Å². The third-order valence-corrected chi connectivity index (χ3v) is 4.04. The molecule has 3 atom stereocenters. The summed E-state index contributed by atoms with van der Waals surface area (Å²) < 4.78 is 0. The molecule has 3 heteroatoms. The highest BCUT2D eigenvalue weighted by Gasteiger charge is 2.34. The van der Waals surface area contributed by atoms with Crippen LogP contribution in [0.25, 0.3) is 0 Å². The van der Waals surface area contributed by atoms with Crippen LogP contribution in [0.2, 0.25) is 0 Å². The second-order valence-electron chi connectivity index (χ2n) is 5.87. The molecule has 0 aromatic carbocycles. The lowest BCUT2D eigenvalue weighted by molar-refractivity contribution is -0.129. The molecule has 0 spiro atoms. The van der Waals surface area contributed by atoms with Gasteiger partial charge in [-0.1, -0.05) is 27.2 Å². The number of nitrogens with two attached hydrogens (primary N) is 1. The van der Waals surface area contributed by atoms with Crippen LogP contribution in [-0.2, 0) is 4.79 Å². The standard InChI is InChI=1S/C14H28N2O/c1-10(2)12-6-5-11(3)9-13(12)14(17)16-8-4-7-15/h10-13H,4-9,15H2,1-3H3,(H,16,17). The molecule has 1 aliphatic rings. The molecule has 1 aliphatic carbocycles. The van der Waals surface area contributed by atoms with E-state index >= 15 is 0 Å². The predicted octanol–water partition coefficient (Wildman–Crippen LogP) is 2.16. The molecular weight excluding hydrogens is 212 g/mol. The van der Waals surface area contributed by atoms with Gasteiger partial charge in [0.1, 0.15) is 0 Å². The summed E-state index contributed by atoms with van der Waals surface area (Å²) in [5.41, 5.74) is 5.44. The smallest absolute Gasteiger partial charge is 0.223 e. The topological polar surface area (TPSA) is 55.1 Å². The van der Waals surface area contributed by atoms with Crippen molar-refractivity contribution in [1.29, 1.82) is 0 Å². The summed E-state index contributed by atoms with van der Waals surface area (Å²) in [5.74, 6) is 2.33. The van der Waals surface area contributed by atoms with Gasteiger partial charge in [-0.3, -0.25) is 4.79 Å². The Morgan fingerprint density at radius 2 is 2.12 bits per heavy atom. The average molecular weight is 240 g/mol. The number of amides is 1. The number of hydrogen-bond acceptors (Lipinski definition) is 2. The van der Waals surface area contributed by atoms with Crippen LogP contribution in [-0.4, -0.2) is 19.0 Å². The fourth-order valence-electron chi connectivity index (χ4n) is 2.95. The highest BCUT2D eigenvalue weighted by molar-refractivity contribution is 5.79. The number of carbonyl (C=O) groups excluding carboxylic acids is 1. The molecule has 1 amide bonds. The third kappa shape index (κ3) is 4.30. The molecule has 1 fully saturated rings. The van der Waals surface area contributed by atoms with Crippen molar-refractivity contribution >= 4 is 5.91 Å². The number of carbonyl (C=O) groups is 1. The molecule has 3 unspecified atom stereocenters. The van der Waals surface area contributed by atoms with Gasteiger partial charge in [-0.2, -0.15) is 0 Å². The van der Waals surface area contributed by atoms with E-state index in [1.165, 1.54) is 12.8 Å². The van der Waals surface area contributed by atoms with E-state index in [1.807, 2.05) is 0 Å².